The van der Waals surface area contributed by atoms with Crippen LogP contribution >= 0.6 is 0 Å². The summed E-state index contributed by atoms with van der Waals surface area (Å²) in [6, 6.07) is 0. The van der Waals surface area contributed by atoms with Crippen LogP contribution in [0.2, 0.25) is 0 Å². The van der Waals surface area contributed by atoms with Gasteiger partial charge in [0.25, 0.3) is 0 Å². The number of unbranched alkanes of at least 4 members (excludes halogenated alkanes) is 2. The molecule has 0 bridgehead atoms. The smallest absolute Gasteiger partial charge is 0.306 e. The highest BCUT2D eigenvalue weighted by Gasteiger charge is 2.17. The van der Waals surface area contributed by atoms with Crippen LogP contribution in [0.4, 0.5) is 0 Å². The van der Waals surface area contributed by atoms with Crippen LogP contribution in [0, 0.1) is 0 Å². The van der Waals surface area contributed by atoms with E-state index in [0.717, 1.165) is 109 Å². The minimum absolute atomic E-state index is 0.00686. The van der Waals surface area contributed by atoms with Crippen LogP contribution in [0.1, 0.15) is 149 Å². The lowest BCUT2D eigenvalue weighted by Crippen LogP contribution is -2.30. The predicted molar refractivity (Wildman–Crippen MR) is 260 cm³/mol. The van der Waals surface area contributed by atoms with Crippen molar-refractivity contribution in [1.29, 1.82) is 0 Å². The van der Waals surface area contributed by atoms with Crippen molar-refractivity contribution in [3.63, 3.8) is 0 Å². The molecule has 0 aliphatic carbocycles. The van der Waals surface area contributed by atoms with Gasteiger partial charge in [0.05, 0.1) is 13.2 Å². The van der Waals surface area contributed by atoms with Gasteiger partial charge in [-0.05, 0) is 116 Å². The van der Waals surface area contributed by atoms with Crippen molar-refractivity contribution in [3.8, 4) is 0 Å². The van der Waals surface area contributed by atoms with E-state index >= 15 is 0 Å². The zero-order chi connectivity index (χ0) is 43.5. The van der Waals surface area contributed by atoms with Crippen molar-refractivity contribution in [2.75, 3.05) is 19.8 Å². The molecular formula is C55H82O5. The number of hydrogen-bond donors (Lipinski definition) is 0. The maximum atomic E-state index is 12.7. The third-order valence-corrected chi connectivity index (χ3v) is 8.57. The molecule has 0 radical (unpaired) electrons. The maximum Gasteiger partial charge on any atom is 0.306 e. The number of esters is 2. The molecule has 332 valence electrons. The van der Waals surface area contributed by atoms with Gasteiger partial charge < -0.3 is 14.2 Å². The van der Waals surface area contributed by atoms with E-state index in [9.17, 15) is 9.59 Å². The first-order valence-electron chi connectivity index (χ1n) is 23.0. The van der Waals surface area contributed by atoms with E-state index in [0.29, 0.717) is 19.4 Å². The Balaban J connectivity index is 4.59. The number of ether oxygens (including phenoxy) is 3. The van der Waals surface area contributed by atoms with E-state index < -0.39 is 6.10 Å². The van der Waals surface area contributed by atoms with E-state index in [-0.39, 0.29) is 31.6 Å². The molecule has 0 aromatic heterocycles. The van der Waals surface area contributed by atoms with Gasteiger partial charge in [0.2, 0.25) is 0 Å². The average Bonchev–Trinajstić information content (AvgIpc) is 3.25. The lowest BCUT2D eigenvalue weighted by molar-refractivity contribution is -0.162. The summed E-state index contributed by atoms with van der Waals surface area (Å²) in [7, 11) is 0. The summed E-state index contributed by atoms with van der Waals surface area (Å²) < 4.78 is 17.1. The molecule has 0 N–H and O–H groups in total. The molecule has 1 unspecified atom stereocenters. The van der Waals surface area contributed by atoms with Crippen LogP contribution in [0.25, 0.3) is 0 Å². The van der Waals surface area contributed by atoms with Gasteiger partial charge in [-0.2, -0.15) is 0 Å². The van der Waals surface area contributed by atoms with Crippen LogP contribution in [0.3, 0.4) is 0 Å². The van der Waals surface area contributed by atoms with Gasteiger partial charge in [-0.15, -0.1) is 0 Å². The molecule has 60 heavy (non-hydrogen) atoms. The SMILES string of the molecule is CC/C=C\C/C=C\C/C=C\C/C=C\C/C=C\CCOCC(COC(=O)CCCC/C=C\C/C=C\C/C=C\C/C=C\CC)OC(=O)CC/C=C\C/C=C\C/C=C\C/C=C\CC. The Morgan fingerprint density at radius 2 is 0.717 bits per heavy atom. The standard InChI is InChI=1S/C55H82O5/c1-4-7-10-13-16-19-22-25-27-29-32-35-38-41-44-47-50-58-51-53(60-55(57)49-46-43-40-37-34-30-24-21-18-15-12-9-6-3)52-59-54(56)48-45-42-39-36-33-31-28-26-23-20-17-14-11-8-5-2/h7-12,16-21,25-28,30,32-36,40-41,43-44,53H,4-6,13-15,22-24,29,31,37-39,42,45-52H2,1-3H3/b10-7-,11-8-,12-9-,19-16-,20-17-,21-18-,27-25-,28-26-,34-30-,35-32-,36-33-,43-40-,44-41-. The van der Waals surface area contributed by atoms with Crippen molar-refractivity contribution in [3.05, 3.63) is 158 Å². The van der Waals surface area contributed by atoms with Crippen LogP contribution in [0.15, 0.2) is 158 Å². The summed E-state index contributed by atoms with van der Waals surface area (Å²) in [5.74, 6) is -0.599. The minimum Gasteiger partial charge on any atom is -0.462 e. The number of carbonyl (C=O) groups is 2. The largest absolute Gasteiger partial charge is 0.462 e. The summed E-state index contributed by atoms with van der Waals surface area (Å²) in [6.07, 6.45) is 72.8. The van der Waals surface area contributed by atoms with Gasteiger partial charge >= 0.3 is 11.9 Å². The van der Waals surface area contributed by atoms with Crippen molar-refractivity contribution in [1.82, 2.24) is 0 Å². The molecule has 0 spiro atoms. The van der Waals surface area contributed by atoms with Crippen molar-refractivity contribution >= 4 is 11.9 Å². The van der Waals surface area contributed by atoms with Crippen molar-refractivity contribution < 1.29 is 23.8 Å². The topological polar surface area (TPSA) is 61.8 Å². The fourth-order valence-electron chi connectivity index (χ4n) is 5.28. The van der Waals surface area contributed by atoms with Gasteiger partial charge in [0.15, 0.2) is 6.10 Å². The van der Waals surface area contributed by atoms with Gasteiger partial charge in [-0.1, -0.05) is 179 Å². The number of hydrogen-bond acceptors (Lipinski definition) is 5. The normalized spacial score (nSPS) is 13.7. The molecule has 0 aromatic rings. The van der Waals surface area contributed by atoms with Crippen LogP contribution in [-0.2, 0) is 23.8 Å². The third kappa shape index (κ3) is 46.2. The molecule has 1 atom stereocenters. The van der Waals surface area contributed by atoms with Crippen molar-refractivity contribution in [2.24, 2.45) is 0 Å². The highest BCUT2D eigenvalue weighted by Crippen LogP contribution is 2.07. The van der Waals surface area contributed by atoms with E-state index in [1.165, 1.54) is 0 Å². The molecule has 0 aliphatic heterocycles. The van der Waals surface area contributed by atoms with Gasteiger partial charge in [0.1, 0.15) is 6.61 Å². The zero-order valence-corrected chi connectivity index (χ0v) is 37.9. The Morgan fingerprint density at radius 1 is 0.367 bits per heavy atom. The van der Waals surface area contributed by atoms with Gasteiger partial charge in [-0.3, -0.25) is 9.59 Å². The monoisotopic (exact) mass is 823 g/mol. The highest BCUT2D eigenvalue weighted by molar-refractivity contribution is 5.70. The van der Waals surface area contributed by atoms with Crippen LogP contribution < -0.4 is 0 Å². The fraction of sp³-hybridized carbons (Fsp3) is 0.491. The summed E-state index contributed by atoms with van der Waals surface area (Å²) in [5, 5.41) is 0. The lowest BCUT2D eigenvalue weighted by atomic mass is 10.2. The van der Waals surface area contributed by atoms with Gasteiger partial charge in [0, 0.05) is 12.8 Å². The summed E-state index contributed by atoms with van der Waals surface area (Å²) >= 11 is 0. The Kier molecular flexibility index (Phi) is 45.2. The third-order valence-electron chi connectivity index (χ3n) is 8.57. The van der Waals surface area contributed by atoms with Crippen molar-refractivity contribution in [2.45, 2.75) is 155 Å². The lowest BCUT2D eigenvalue weighted by Gasteiger charge is -2.18. The molecule has 0 amide bonds. The summed E-state index contributed by atoms with van der Waals surface area (Å²) in [4.78, 5) is 25.2. The number of rotatable bonds is 39. The fourth-order valence-corrected chi connectivity index (χ4v) is 5.28. The quantitative estimate of drug-likeness (QED) is 0.0351. The second kappa shape index (κ2) is 48.9. The predicted octanol–water partition coefficient (Wildman–Crippen LogP) is 15.6. The zero-order valence-electron chi connectivity index (χ0n) is 37.9. The minimum atomic E-state index is -0.642. The van der Waals surface area contributed by atoms with E-state index in [2.05, 4.69) is 173 Å². The Bertz CT molecular complexity index is 1390. The molecule has 5 nitrogen and oxygen atoms in total. The number of carbonyl (C=O) groups excluding carboxylic acids is 2. The molecule has 0 aromatic carbocycles. The maximum absolute atomic E-state index is 12.7. The van der Waals surface area contributed by atoms with Gasteiger partial charge in [-0.25, -0.2) is 0 Å². The molecule has 0 rings (SSSR count). The summed E-state index contributed by atoms with van der Waals surface area (Å²) in [5.41, 5.74) is 0. The van der Waals surface area contributed by atoms with E-state index in [1.807, 2.05) is 6.08 Å². The molecule has 0 saturated carbocycles. The van der Waals surface area contributed by atoms with E-state index in [1.54, 1.807) is 0 Å². The summed E-state index contributed by atoms with van der Waals surface area (Å²) in [6.45, 7) is 7.10. The van der Waals surface area contributed by atoms with Crippen LogP contribution in [0.5, 0.6) is 0 Å². The molecular weight excluding hydrogens is 741 g/mol. The second-order valence-electron chi connectivity index (χ2n) is 14.2. The van der Waals surface area contributed by atoms with Crippen LogP contribution in [-0.4, -0.2) is 37.9 Å². The Labute approximate surface area is 367 Å². The first-order chi connectivity index (χ1) is 29.6. The Morgan fingerprint density at radius 3 is 1.12 bits per heavy atom. The Hall–Kier alpha value is -4.48. The molecule has 5 heteroatoms. The second-order valence-corrected chi connectivity index (χ2v) is 14.2. The molecule has 0 heterocycles. The molecule has 0 fully saturated rings. The van der Waals surface area contributed by atoms with E-state index in [4.69, 9.17) is 14.2 Å². The highest BCUT2D eigenvalue weighted by atomic mass is 16.6. The molecule has 0 saturated heterocycles. The first kappa shape index (κ1) is 55.5. The molecule has 0 aliphatic rings. The number of allylic oxidation sites excluding steroid dienone is 25. The average molecular weight is 823 g/mol. The first-order valence-corrected chi connectivity index (χ1v) is 23.0.